The number of aliphatic hydroxyl groups is 1. The molecule has 0 aromatic carbocycles. The fourth-order valence-corrected chi connectivity index (χ4v) is 0.104. The van der Waals surface area contributed by atoms with E-state index in [1.807, 2.05) is 0 Å². The first kappa shape index (κ1) is 6.28. The summed E-state index contributed by atoms with van der Waals surface area (Å²) in [7, 11) is 0. The van der Waals surface area contributed by atoms with Gasteiger partial charge in [-0.1, -0.05) is 23.2 Å². The molecule has 0 radical (unpaired) electrons. The highest BCUT2D eigenvalue weighted by atomic mass is 35.5. The Balaban J connectivity index is 3.22. The van der Waals surface area contributed by atoms with Crippen molar-refractivity contribution < 1.29 is 5.11 Å². The van der Waals surface area contributed by atoms with Crippen LogP contribution < -0.4 is 0 Å². The Morgan fingerprint density at radius 3 is 2.33 bits per heavy atom. The van der Waals surface area contributed by atoms with Crippen LogP contribution in [0.5, 0.6) is 0 Å². The molecule has 0 unspecified atom stereocenters. The second-order valence-corrected chi connectivity index (χ2v) is 1.42. The Hall–Kier alpha value is 0.280. The number of hydrogen-bond donors (Lipinski definition) is 1. The Morgan fingerprint density at radius 2 is 2.33 bits per heavy atom. The van der Waals surface area contributed by atoms with E-state index in [1.54, 1.807) is 0 Å². The monoisotopic (exact) mass is 126 g/mol. The van der Waals surface area contributed by atoms with Gasteiger partial charge in [0, 0.05) is 5.54 Å². The lowest BCUT2D eigenvalue weighted by molar-refractivity contribution is 0.339. The van der Waals surface area contributed by atoms with Crippen LogP contribution in [0.1, 0.15) is 0 Å². The Morgan fingerprint density at radius 1 is 1.83 bits per heavy atom. The SMILES string of the molecule is OC/C(Cl)=C\Cl. The third-order valence-corrected chi connectivity index (χ3v) is 0.873. The topological polar surface area (TPSA) is 20.2 Å². The van der Waals surface area contributed by atoms with Crippen molar-refractivity contribution in [3.8, 4) is 0 Å². The number of aliphatic hydroxyl groups excluding tert-OH is 1. The number of rotatable bonds is 1. The molecule has 1 N–H and O–H groups in total. The molecule has 0 heterocycles. The molecule has 0 rings (SSSR count). The largest absolute Gasteiger partial charge is 0.391 e. The molecule has 0 aliphatic heterocycles. The lowest BCUT2D eigenvalue weighted by Crippen LogP contribution is -1.75. The van der Waals surface area contributed by atoms with Gasteiger partial charge >= 0.3 is 0 Å². The minimum absolute atomic E-state index is 0.176. The van der Waals surface area contributed by atoms with Gasteiger partial charge in [0.2, 0.25) is 0 Å². The summed E-state index contributed by atoms with van der Waals surface area (Å²) < 4.78 is 0. The maximum absolute atomic E-state index is 8.05. The number of hydrogen-bond acceptors (Lipinski definition) is 1. The molecule has 0 aliphatic carbocycles. The maximum Gasteiger partial charge on any atom is 0.0796 e. The molecular formula is C3H4Cl2O. The van der Waals surface area contributed by atoms with Crippen LogP contribution in [-0.2, 0) is 0 Å². The predicted molar refractivity (Wildman–Crippen MR) is 26.9 cm³/mol. The summed E-state index contributed by atoms with van der Waals surface area (Å²) in [6.45, 7) is -0.176. The van der Waals surface area contributed by atoms with Crippen LogP contribution in [0.15, 0.2) is 10.6 Å². The molecule has 0 aromatic rings. The summed E-state index contributed by atoms with van der Waals surface area (Å²) in [5, 5.41) is 8.31. The van der Waals surface area contributed by atoms with Crippen molar-refractivity contribution >= 4 is 23.2 Å². The Labute approximate surface area is 46.2 Å². The molecule has 6 heavy (non-hydrogen) atoms. The van der Waals surface area contributed by atoms with E-state index >= 15 is 0 Å². The van der Waals surface area contributed by atoms with Gasteiger partial charge in [-0.15, -0.1) is 0 Å². The van der Waals surface area contributed by atoms with E-state index in [-0.39, 0.29) is 11.6 Å². The highest BCUT2D eigenvalue weighted by molar-refractivity contribution is 6.36. The molecule has 0 fully saturated rings. The molecule has 0 spiro atoms. The zero-order valence-electron chi connectivity index (χ0n) is 2.99. The van der Waals surface area contributed by atoms with Gasteiger partial charge < -0.3 is 5.11 Å². The van der Waals surface area contributed by atoms with Gasteiger partial charge in [-0.3, -0.25) is 0 Å². The standard InChI is InChI=1S/C3H4Cl2O/c4-1-3(5)2-6/h1,6H,2H2/b3-1+. The molecule has 1 nitrogen and oxygen atoms in total. The Kier molecular flexibility index (Phi) is 3.63. The van der Waals surface area contributed by atoms with Crippen molar-refractivity contribution in [1.82, 2.24) is 0 Å². The molecule has 0 atom stereocenters. The number of halogens is 2. The maximum atomic E-state index is 8.05. The van der Waals surface area contributed by atoms with Crippen molar-refractivity contribution in [2.75, 3.05) is 6.61 Å². The second kappa shape index (κ2) is 3.47. The average molecular weight is 127 g/mol. The summed E-state index contributed by atoms with van der Waals surface area (Å²) in [6, 6.07) is 0. The van der Waals surface area contributed by atoms with E-state index in [9.17, 15) is 0 Å². The van der Waals surface area contributed by atoms with Crippen LogP contribution in [0.2, 0.25) is 0 Å². The highest BCUT2D eigenvalue weighted by Crippen LogP contribution is 1.98. The zero-order valence-corrected chi connectivity index (χ0v) is 4.50. The van der Waals surface area contributed by atoms with E-state index in [2.05, 4.69) is 0 Å². The molecule has 0 aliphatic rings. The highest BCUT2D eigenvalue weighted by Gasteiger charge is 1.79. The lowest BCUT2D eigenvalue weighted by atomic mass is 10.7. The summed E-state index contributed by atoms with van der Waals surface area (Å²) in [5.41, 5.74) is 1.13. The fraction of sp³-hybridized carbons (Fsp3) is 0.333. The first-order chi connectivity index (χ1) is 2.81. The van der Waals surface area contributed by atoms with Crippen LogP contribution in [0, 0.1) is 0 Å². The fourth-order valence-electron chi connectivity index (χ4n) is 0.0345. The van der Waals surface area contributed by atoms with Crippen LogP contribution >= 0.6 is 23.2 Å². The van der Waals surface area contributed by atoms with Gasteiger partial charge in [0.15, 0.2) is 0 Å². The first-order valence-electron chi connectivity index (χ1n) is 1.37. The van der Waals surface area contributed by atoms with E-state index in [0.717, 1.165) is 5.54 Å². The van der Waals surface area contributed by atoms with E-state index in [4.69, 9.17) is 28.3 Å². The van der Waals surface area contributed by atoms with Gasteiger partial charge in [0.05, 0.1) is 11.6 Å². The zero-order chi connectivity index (χ0) is 4.99. The van der Waals surface area contributed by atoms with Crippen LogP contribution in [0.3, 0.4) is 0 Å². The van der Waals surface area contributed by atoms with Crippen LogP contribution in [-0.4, -0.2) is 11.7 Å². The first-order valence-corrected chi connectivity index (χ1v) is 2.18. The molecule has 0 saturated carbocycles. The molecule has 0 bridgehead atoms. The lowest BCUT2D eigenvalue weighted by Gasteiger charge is -1.79. The summed E-state index contributed by atoms with van der Waals surface area (Å²) >= 11 is 10.1. The molecule has 0 amide bonds. The van der Waals surface area contributed by atoms with Crippen molar-refractivity contribution in [3.05, 3.63) is 10.6 Å². The second-order valence-electron chi connectivity index (χ2n) is 0.714. The van der Waals surface area contributed by atoms with Gasteiger partial charge in [-0.2, -0.15) is 0 Å². The van der Waals surface area contributed by atoms with Gasteiger partial charge in [-0.05, 0) is 0 Å². The van der Waals surface area contributed by atoms with Gasteiger partial charge in [-0.25, -0.2) is 0 Å². The average Bonchev–Trinajstić information content (AvgIpc) is 1.65. The van der Waals surface area contributed by atoms with E-state index in [1.165, 1.54) is 0 Å². The van der Waals surface area contributed by atoms with Crippen LogP contribution in [0.25, 0.3) is 0 Å². The van der Waals surface area contributed by atoms with Crippen LogP contribution in [0.4, 0.5) is 0 Å². The molecular weight excluding hydrogens is 123 g/mol. The third-order valence-electron chi connectivity index (χ3n) is 0.269. The molecule has 36 valence electrons. The van der Waals surface area contributed by atoms with Crippen molar-refractivity contribution in [2.45, 2.75) is 0 Å². The summed E-state index contributed by atoms with van der Waals surface area (Å²) in [5.74, 6) is 0. The van der Waals surface area contributed by atoms with Gasteiger partial charge in [0.1, 0.15) is 0 Å². The van der Waals surface area contributed by atoms with Crippen molar-refractivity contribution in [1.29, 1.82) is 0 Å². The molecule has 0 aromatic heterocycles. The smallest absolute Gasteiger partial charge is 0.0796 e. The van der Waals surface area contributed by atoms with E-state index in [0.29, 0.717) is 0 Å². The predicted octanol–water partition coefficient (Wildman–Crippen LogP) is 1.30. The molecule has 0 saturated heterocycles. The Bertz CT molecular complexity index is 59.8. The summed E-state index contributed by atoms with van der Waals surface area (Å²) in [6.07, 6.45) is 0. The minimum Gasteiger partial charge on any atom is -0.391 e. The van der Waals surface area contributed by atoms with Crippen molar-refractivity contribution in [2.24, 2.45) is 0 Å². The minimum atomic E-state index is -0.176. The normalized spacial score (nSPS) is 12.2. The quantitative estimate of drug-likeness (QED) is 0.562. The molecule has 3 heteroatoms. The third kappa shape index (κ3) is 2.51. The van der Waals surface area contributed by atoms with E-state index < -0.39 is 0 Å². The van der Waals surface area contributed by atoms with Crippen molar-refractivity contribution in [3.63, 3.8) is 0 Å². The summed E-state index contributed by atoms with van der Waals surface area (Å²) in [4.78, 5) is 0. The van der Waals surface area contributed by atoms with Gasteiger partial charge in [0.25, 0.3) is 0 Å².